The van der Waals surface area contributed by atoms with Crippen LogP contribution in [-0.2, 0) is 0 Å². The number of carbonyl (C=O) groups excluding carboxylic acids is 1. The van der Waals surface area contributed by atoms with Crippen molar-refractivity contribution < 1.29 is 13.6 Å². The van der Waals surface area contributed by atoms with E-state index >= 15 is 0 Å². The van der Waals surface area contributed by atoms with Crippen LogP contribution < -0.4 is 10.6 Å². The fraction of sp³-hybridized carbons (Fsp3) is 0.250. The average molecular weight is 383 g/mol. The van der Waals surface area contributed by atoms with Crippen LogP contribution in [0.3, 0.4) is 0 Å². The SMILES string of the molecule is O=C(Nc1cc(-c2cccc(F)c2F)[nH]n1)c1cccnc1C1CCNCC1. The second kappa shape index (κ2) is 7.85. The molecule has 1 aliphatic heterocycles. The molecular formula is C20H19F2N5O. The number of anilines is 1. The van der Waals surface area contributed by atoms with Gasteiger partial charge in [-0.25, -0.2) is 8.78 Å². The first-order valence-corrected chi connectivity index (χ1v) is 9.10. The minimum Gasteiger partial charge on any atom is -0.317 e. The zero-order valence-corrected chi connectivity index (χ0v) is 15.0. The third-order valence-electron chi connectivity index (χ3n) is 4.87. The maximum atomic E-state index is 14.0. The molecular weight excluding hydrogens is 364 g/mol. The van der Waals surface area contributed by atoms with Gasteiger partial charge in [0.05, 0.1) is 17.0 Å². The van der Waals surface area contributed by atoms with Gasteiger partial charge in [0.2, 0.25) is 0 Å². The highest BCUT2D eigenvalue weighted by atomic mass is 19.2. The standard InChI is InChI=1S/C20H19F2N5O/c21-15-5-1-3-13(18(15)22)16-11-17(27-26-16)25-20(28)14-4-2-8-24-19(14)12-6-9-23-10-7-12/h1-5,8,11-12,23H,6-7,9-10H2,(H2,25,26,27,28). The number of aromatic amines is 1. The lowest BCUT2D eigenvalue weighted by molar-refractivity contribution is 0.102. The van der Waals surface area contributed by atoms with Crippen LogP contribution in [0.2, 0.25) is 0 Å². The van der Waals surface area contributed by atoms with Gasteiger partial charge in [-0.1, -0.05) is 6.07 Å². The van der Waals surface area contributed by atoms with E-state index in [2.05, 4.69) is 25.8 Å². The van der Waals surface area contributed by atoms with Crippen molar-refractivity contribution in [2.45, 2.75) is 18.8 Å². The number of aromatic nitrogens is 3. The Hall–Kier alpha value is -3.13. The highest BCUT2D eigenvalue weighted by molar-refractivity contribution is 6.04. The van der Waals surface area contributed by atoms with Gasteiger partial charge < -0.3 is 10.6 Å². The Balaban J connectivity index is 1.55. The Morgan fingerprint density at radius 1 is 1.14 bits per heavy atom. The number of nitrogens with zero attached hydrogens (tertiary/aromatic N) is 2. The van der Waals surface area contributed by atoms with E-state index in [1.165, 1.54) is 18.2 Å². The van der Waals surface area contributed by atoms with Gasteiger partial charge in [-0.05, 0) is 50.2 Å². The topological polar surface area (TPSA) is 82.7 Å². The molecule has 28 heavy (non-hydrogen) atoms. The van der Waals surface area contributed by atoms with Crippen molar-refractivity contribution in [2.75, 3.05) is 18.4 Å². The molecule has 1 saturated heterocycles. The molecule has 4 rings (SSSR count). The van der Waals surface area contributed by atoms with Gasteiger partial charge >= 0.3 is 0 Å². The lowest BCUT2D eigenvalue weighted by atomic mass is 9.91. The number of rotatable bonds is 4. The molecule has 8 heteroatoms. The summed E-state index contributed by atoms with van der Waals surface area (Å²) in [4.78, 5) is 17.2. The zero-order chi connectivity index (χ0) is 19.5. The maximum absolute atomic E-state index is 14.0. The number of halogens is 2. The monoisotopic (exact) mass is 383 g/mol. The largest absolute Gasteiger partial charge is 0.317 e. The molecule has 1 aliphatic rings. The number of nitrogens with one attached hydrogen (secondary N) is 3. The first-order chi connectivity index (χ1) is 13.6. The second-order valence-corrected chi connectivity index (χ2v) is 6.68. The summed E-state index contributed by atoms with van der Waals surface area (Å²) in [5, 5.41) is 12.6. The van der Waals surface area contributed by atoms with Crippen molar-refractivity contribution in [3.63, 3.8) is 0 Å². The summed E-state index contributed by atoms with van der Waals surface area (Å²) in [5.74, 6) is -1.80. The Labute approximate surface area is 160 Å². The van der Waals surface area contributed by atoms with Crippen molar-refractivity contribution >= 4 is 11.7 Å². The highest BCUT2D eigenvalue weighted by Gasteiger charge is 2.23. The summed E-state index contributed by atoms with van der Waals surface area (Å²) < 4.78 is 27.4. The maximum Gasteiger partial charge on any atom is 0.258 e. The Morgan fingerprint density at radius 2 is 1.96 bits per heavy atom. The molecule has 3 aromatic rings. The van der Waals surface area contributed by atoms with Crippen LogP contribution in [0.5, 0.6) is 0 Å². The zero-order valence-electron chi connectivity index (χ0n) is 15.0. The van der Waals surface area contributed by atoms with Crippen molar-refractivity contribution in [2.24, 2.45) is 0 Å². The number of benzene rings is 1. The number of hydrogen-bond donors (Lipinski definition) is 3. The van der Waals surface area contributed by atoms with Crippen LogP contribution in [-0.4, -0.2) is 34.2 Å². The minimum absolute atomic E-state index is 0.0461. The van der Waals surface area contributed by atoms with Crippen molar-refractivity contribution in [1.29, 1.82) is 0 Å². The number of H-pyrrole nitrogens is 1. The molecule has 2 aromatic heterocycles. The summed E-state index contributed by atoms with van der Waals surface area (Å²) in [5.41, 5.74) is 1.59. The first kappa shape index (κ1) is 18.2. The van der Waals surface area contributed by atoms with Crippen LogP contribution in [0.4, 0.5) is 14.6 Å². The van der Waals surface area contributed by atoms with Crippen LogP contribution in [0.15, 0.2) is 42.6 Å². The second-order valence-electron chi connectivity index (χ2n) is 6.68. The molecule has 144 valence electrons. The molecule has 6 nitrogen and oxygen atoms in total. The molecule has 0 spiro atoms. The predicted molar refractivity (Wildman–Crippen MR) is 101 cm³/mol. The van der Waals surface area contributed by atoms with Crippen molar-refractivity contribution in [1.82, 2.24) is 20.5 Å². The van der Waals surface area contributed by atoms with Gasteiger partial charge in [0, 0.05) is 23.7 Å². The van der Waals surface area contributed by atoms with Gasteiger partial charge in [0.25, 0.3) is 5.91 Å². The van der Waals surface area contributed by atoms with Crippen LogP contribution >= 0.6 is 0 Å². The van der Waals surface area contributed by atoms with E-state index in [0.29, 0.717) is 5.56 Å². The third-order valence-corrected chi connectivity index (χ3v) is 4.87. The van der Waals surface area contributed by atoms with Crippen LogP contribution in [0, 0.1) is 11.6 Å². The molecule has 0 saturated carbocycles. The quantitative estimate of drug-likeness (QED) is 0.644. The summed E-state index contributed by atoms with van der Waals surface area (Å²) in [6, 6.07) is 8.82. The molecule has 3 N–H and O–H groups in total. The summed E-state index contributed by atoms with van der Waals surface area (Å²) >= 11 is 0. The number of piperidine rings is 1. The number of carbonyl (C=O) groups is 1. The van der Waals surface area contributed by atoms with Crippen LogP contribution in [0.1, 0.15) is 34.8 Å². The Morgan fingerprint density at radius 3 is 2.79 bits per heavy atom. The van der Waals surface area contributed by atoms with E-state index in [1.54, 1.807) is 18.3 Å². The van der Waals surface area contributed by atoms with Crippen LogP contribution in [0.25, 0.3) is 11.3 Å². The molecule has 0 unspecified atom stereocenters. The van der Waals surface area contributed by atoms with Crippen molar-refractivity contribution in [3.8, 4) is 11.3 Å². The van der Waals surface area contributed by atoms with E-state index in [9.17, 15) is 13.6 Å². The fourth-order valence-electron chi connectivity index (χ4n) is 3.45. The third kappa shape index (κ3) is 3.63. The first-order valence-electron chi connectivity index (χ1n) is 9.10. The molecule has 0 bridgehead atoms. The van der Waals surface area contributed by atoms with E-state index in [-0.39, 0.29) is 28.9 Å². The normalized spacial score (nSPS) is 14.8. The molecule has 3 heterocycles. The van der Waals surface area contributed by atoms with E-state index in [0.717, 1.165) is 37.7 Å². The highest BCUT2D eigenvalue weighted by Crippen LogP contribution is 2.28. The molecule has 0 aliphatic carbocycles. The predicted octanol–water partition coefficient (Wildman–Crippen LogP) is 3.47. The minimum atomic E-state index is -0.968. The lowest BCUT2D eigenvalue weighted by Crippen LogP contribution is -2.28. The average Bonchev–Trinajstić information content (AvgIpc) is 3.19. The summed E-state index contributed by atoms with van der Waals surface area (Å²) in [6.07, 6.45) is 3.53. The summed E-state index contributed by atoms with van der Waals surface area (Å²) in [7, 11) is 0. The molecule has 0 radical (unpaired) electrons. The molecule has 0 atom stereocenters. The van der Waals surface area contributed by atoms with E-state index in [4.69, 9.17) is 0 Å². The number of hydrogen-bond acceptors (Lipinski definition) is 4. The Kier molecular flexibility index (Phi) is 5.12. The number of pyridine rings is 1. The van der Waals surface area contributed by atoms with E-state index in [1.807, 2.05) is 0 Å². The number of amides is 1. The van der Waals surface area contributed by atoms with E-state index < -0.39 is 11.6 Å². The molecule has 1 fully saturated rings. The van der Waals surface area contributed by atoms with Gasteiger partial charge in [-0.2, -0.15) is 5.10 Å². The van der Waals surface area contributed by atoms with Gasteiger partial charge in [-0.15, -0.1) is 0 Å². The molecule has 1 aromatic carbocycles. The van der Waals surface area contributed by atoms with Gasteiger partial charge in [0.1, 0.15) is 0 Å². The Bertz CT molecular complexity index is 998. The molecule has 1 amide bonds. The van der Waals surface area contributed by atoms with Gasteiger partial charge in [0.15, 0.2) is 17.5 Å². The lowest BCUT2D eigenvalue weighted by Gasteiger charge is -2.23. The van der Waals surface area contributed by atoms with Gasteiger partial charge in [-0.3, -0.25) is 14.9 Å². The fourth-order valence-corrected chi connectivity index (χ4v) is 3.45. The van der Waals surface area contributed by atoms with Crippen molar-refractivity contribution in [3.05, 3.63) is 65.5 Å². The smallest absolute Gasteiger partial charge is 0.258 e. The summed E-state index contributed by atoms with van der Waals surface area (Å²) in [6.45, 7) is 1.79.